The average molecular weight is 407 g/mol. The summed E-state index contributed by atoms with van der Waals surface area (Å²) in [4.78, 5) is 36.2. The Labute approximate surface area is 168 Å². The van der Waals surface area contributed by atoms with Gasteiger partial charge in [0.25, 0.3) is 11.6 Å². The van der Waals surface area contributed by atoms with Gasteiger partial charge in [-0.25, -0.2) is 5.43 Å². The molecule has 30 heavy (non-hydrogen) atoms. The van der Waals surface area contributed by atoms with Crippen molar-refractivity contribution in [3.05, 3.63) is 98.3 Å². The van der Waals surface area contributed by atoms with E-state index in [2.05, 4.69) is 15.5 Å². The average Bonchev–Trinajstić information content (AvgIpc) is 2.75. The van der Waals surface area contributed by atoms with E-state index in [4.69, 9.17) is 4.74 Å². The highest BCUT2D eigenvalue weighted by Crippen LogP contribution is 2.34. The van der Waals surface area contributed by atoms with Crippen molar-refractivity contribution in [2.45, 2.75) is 0 Å². The number of aromatic nitrogens is 1. The molecular formula is C19H13N5O6. The summed E-state index contributed by atoms with van der Waals surface area (Å²) in [5.41, 5.74) is 2.43. The Balaban J connectivity index is 1.67. The molecular weight excluding hydrogens is 394 g/mol. The summed E-state index contributed by atoms with van der Waals surface area (Å²) >= 11 is 0. The second-order valence-electron chi connectivity index (χ2n) is 5.78. The minimum Gasteiger partial charge on any atom is -0.450 e. The molecule has 11 nitrogen and oxygen atoms in total. The molecule has 2 aromatic carbocycles. The van der Waals surface area contributed by atoms with Crippen molar-refractivity contribution >= 4 is 23.5 Å². The Morgan fingerprint density at radius 3 is 2.47 bits per heavy atom. The zero-order valence-corrected chi connectivity index (χ0v) is 15.2. The van der Waals surface area contributed by atoms with Gasteiger partial charge in [0.05, 0.1) is 27.7 Å². The Kier molecular flexibility index (Phi) is 6.03. The number of pyridine rings is 1. The number of carbonyl (C=O) groups is 1. The predicted octanol–water partition coefficient (Wildman–Crippen LogP) is 3.45. The fourth-order valence-electron chi connectivity index (χ4n) is 2.32. The quantitative estimate of drug-likeness (QED) is 0.358. The number of nitrogens with zero attached hydrogens (tertiary/aromatic N) is 4. The first-order valence-corrected chi connectivity index (χ1v) is 8.38. The minimum absolute atomic E-state index is 0.129. The van der Waals surface area contributed by atoms with E-state index in [1.807, 2.05) is 0 Å². The molecule has 1 heterocycles. The van der Waals surface area contributed by atoms with E-state index in [0.717, 1.165) is 12.1 Å². The maximum atomic E-state index is 11.9. The van der Waals surface area contributed by atoms with E-state index in [1.54, 1.807) is 30.5 Å². The molecule has 0 saturated carbocycles. The summed E-state index contributed by atoms with van der Waals surface area (Å²) in [7, 11) is 0. The summed E-state index contributed by atoms with van der Waals surface area (Å²) < 4.78 is 5.48. The Morgan fingerprint density at radius 1 is 1.07 bits per heavy atom. The zero-order valence-electron chi connectivity index (χ0n) is 15.2. The van der Waals surface area contributed by atoms with Crippen LogP contribution in [0.2, 0.25) is 0 Å². The first-order chi connectivity index (χ1) is 14.4. The molecule has 1 N–H and O–H groups in total. The normalized spacial score (nSPS) is 10.5. The smallest absolute Gasteiger partial charge is 0.318 e. The number of nitrogens with one attached hydrogen (secondary N) is 1. The molecule has 3 rings (SSSR count). The SMILES string of the molecule is O=C(N/N=C/c1ccc(Oc2ccc([N+](=O)[O-])cc2[N+](=O)[O-])cc1)c1cccnc1. The summed E-state index contributed by atoms with van der Waals surface area (Å²) in [6, 6.07) is 12.7. The number of amides is 1. The molecule has 0 unspecified atom stereocenters. The van der Waals surface area contributed by atoms with Crippen LogP contribution in [0.5, 0.6) is 11.5 Å². The fourth-order valence-corrected chi connectivity index (χ4v) is 2.32. The number of non-ortho nitro benzene ring substituents is 1. The van der Waals surface area contributed by atoms with E-state index >= 15 is 0 Å². The van der Waals surface area contributed by atoms with Gasteiger partial charge >= 0.3 is 5.69 Å². The van der Waals surface area contributed by atoms with Gasteiger partial charge in [0.1, 0.15) is 5.75 Å². The number of hydrazone groups is 1. The molecule has 150 valence electrons. The lowest BCUT2D eigenvalue weighted by Crippen LogP contribution is -2.17. The van der Waals surface area contributed by atoms with E-state index in [1.165, 1.54) is 30.6 Å². The number of hydrogen-bond acceptors (Lipinski definition) is 8. The number of rotatable bonds is 7. The van der Waals surface area contributed by atoms with Crippen molar-refractivity contribution in [2.24, 2.45) is 5.10 Å². The van der Waals surface area contributed by atoms with Crippen LogP contribution >= 0.6 is 0 Å². The third-order valence-corrected chi connectivity index (χ3v) is 3.76. The summed E-state index contributed by atoms with van der Waals surface area (Å²) in [6.07, 6.45) is 4.37. The van der Waals surface area contributed by atoms with Crippen molar-refractivity contribution in [2.75, 3.05) is 0 Å². The molecule has 0 spiro atoms. The first-order valence-electron chi connectivity index (χ1n) is 8.38. The lowest BCUT2D eigenvalue weighted by Gasteiger charge is -2.06. The number of carbonyl (C=O) groups excluding carboxylic acids is 1. The van der Waals surface area contributed by atoms with Gasteiger partial charge in [0.15, 0.2) is 0 Å². The number of ether oxygens (including phenoxy) is 1. The maximum absolute atomic E-state index is 11.9. The lowest BCUT2D eigenvalue weighted by atomic mass is 10.2. The van der Waals surface area contributed by atoms with Gasteiger partial charge in [-0.2, -0.15) is 5.10 Å². The second kappa shape index (κ2) is 9.01. The highest BCUT2D eigenvalue weighted by molar-refractivity contribution is 5.94. The Hall–Kier alpha value is -4.67. The molecule has 11 heteroatoms. The van der Waals surface area contributed by atoms with Crippen LogP contribution < -0.4 is 10.2 Å². The monoisotopic (exact) mass is 407 g/mol. The third kappa shape index (κ3) is 4.98. The number of nitro groups is 2. The van der Waals surface area contributed by atoms with Gasteiger partial charge in [-0.15, -0.1) is 0 Å². The van der Waals surface area contributed by atoms with Crippen LogP contribution in [-0.2, 0) is 0 Å². The van der Waals surface area contributed by atoms with E-state index in [0.29, 0.717) is 11.1 Å². The van der Waals surface area contributed by atoms with E-state index in [-0.39, 0.29) is 11.5 Å². The highest BCUT2D eigenvalue weighted by Gasteiger charge is 2.21. The van der Waals surface area contributed by atoms with Crippen LogP contribution in [0.1, 0.15) is 15.9 Å². The maximum Gasteiger partial charge on any atom is 0.318 e. The molecule has 3 aromatic rings. The van der Waals surface area contributed by atoms with Crippen LogP contribution in [0.3, 0.4) is 0 Å². The van der Waals surface area contributed by atoms with Gasteiger partial charge in [0, 0.05) is 18.5 Å². The van der Waals surface area contributed by atoms with Crippen molar-refractivity contribution in [3.8, 4) is 11.5 Å². The summed E-state index contributed by atoms with van der Waals surface area (Å²) in [5, 5.41) is 25.8. The minimum atomic E-state index is -0.756. The van der Waals surface area contributed by atoms with Crippen molar-refractivity contribution < 1.29 is 19.4 Å². The van der Waals surface area contributed by atoms with Crippen LogP contribution in [0.4, 0.5) is 11.4 Å². The molecule has 0 radical (unpaired) electrons. The van der Waals surface area contributed by atoms with Gasteiger partial charge in [0.2, 0.25) is 5.75 Å². The van der Waals surface area contributed by atoms with Crippen molar-refractivity contribution in [3.63, 3.8) is 0 Å². The third-order valence-electron chi connectivity index (χ3n) is 3.76. The molecule has 0 aliphatic rings. The Bertz CT molecular complexity index is 1120. The predicted molar refractivity (Wildman–Crippen MR) is 106 cm³/mol. The van der Waals surface area contributed by atoms with Gasteiger partial charge in [-0.1, -0.05) is 0 Å². The van der Waals surface area contributed by atoms with E-state index in [9.17, 15) is 25.0 Å². The zero-order chi connectivity index (χ0) is 21.5. The largest absolute Gasteiger partial charge is 0.450 e. The molecule has 0 bridgehead atoms. The molecule has 1 amide bonds. The summed E-state index contributed by atoms with van der Waals surface area (Å²) in [6.45, 7) is 0. The number of benzene rings is 2. The molecule has 0 aliphatic heterocycles. The molecule has 0 saturated heterocycles. The lowest BCUT2D eigenvalue weighted by molar-refractivity contribution is -0.394. The Morgan fingerprint density at radius 2 is 1.83 bits per heavy atom. The van der Waals surface area contributed by atoms with Crippen LogP contribution in [0, 0.1) is 20.2 Å². The van der Waals surface area contributed by atoms with Gasteiger partial charge < -0.3 is 4.74 Å². The summed E-state index contributed by atoms with van der Waals surface area (Å²) in [5.74, 6) is -0.260. The van der Waals surface area contributed by atoms with E-state index < -0.39 is 27.1 Å². The van der Waals surface area contributed by atoms with Gasteiger partial charge in [-0.3, -0.25) is 30.0 Å². The van der Waals surface area contributed by atoms with Gasteiger partial charge in [-0.05, 0) is 48.0 Å². The first kappa shape index (κ1) is 20.1. The standard InChI is InChI=1S/C19H13N5O6/c25-19(14-2-1-9-20-12-14)22-21-11-13-3-6-16(7-4-13)30-18-8-5-15(23(26)27)10-17(18)24(28)29/h1-12H,(H,22,25)/b21-11+. The number of hydrogen-bond donors (Lipinski definition) is 1. The van der Waals surface area contributed by atoms with Crippen molar-refractivity contribution in [1.29, 1.82) is 0 Å². The number of nitro benzene ring substituents is 2. The second-order valence-corrected chi connectivity index (χ2v) is 5.78. The van der Waals surface area contributed by atoms with Crippen molar-refractivity contribution in [1.82, 2.24) is 10.4 Å². The molecule has 0 aliphatic carbocycles. The fraction of sp³-hybridized carbons (Fsp3) is 0. The van der Waals surface area contributed by atoms with Crippen LogP contribution in [0.25, 0.3) is 0 Å². The molecule has 0 atom stereocenters. The van der Waals surface area contributed by atoms with Crippen LogP contribution in [-0.4, -0.2) is 27.0 Å². The van der Waals surface area contributed by atoms with Crippen LogP contribution in [0.15, 0.2) is 72.1 Å². The molecule has 1 aromatic heterocycles. The topological polar surface area (TPSA) is 150 Å². The molecule has 0 fully saturated rings. The highest BCUT2D eigenvalue weighted by atomic mass is 16.6.